The molecule has 0 atom stereocenters. The Morgan fingerprint density at radius 2 is 0.865 bits per heavy atom. The molecule has 4 aromatic rings. The van der Waals surface area contributed by atoms with Gasteiger partial charge < -0.3 is 25.5 Å². The molecule has 37 heavy (non-hydrogen) atoms. The van der Waals surface area contributed by atoms with Crippen LogP contribution in [-0.4, -0.2) is 40.1 Å². The summed E-state index contributed by atoms with van der Waals surface area (Å²) >= 11 is 0. The van der Waals surface area contributed by atoms with Gasteiger partial charge in [-0.15, -0.1) is 0 Å². The van der Waals surface area contributed by atoms with Crippen molar-refractivity contribution in [1.82, 2.24) is 0 Å². The van der Waals surface area contributed by atoms with E-state index in [0.29, 0.717) is 39.5 Å². The molecule has 0 fully saturated rings. The number of nitrogens with two attached hydrogens (primary N) is 2. The van der Waals surface area contributed by atoms with Crippen LogP contribution in [0.5, 0.6) is 0 Å². The molecule has 0 aliphatic carbocycles. The van der Waals surface area contributed by atoms with Crippen molar-refractivity contribution in [3.63, 3.8) is 0 Å². The zero-order chi connectivity index (χ0) is 25.7. The van der Waals surface area contributed by atoms with Gasteiger partial charge in [0, 0.05) is 26.3 Å². The average molecular weight is 492 g/mol. The van der Waals surface area contributed by atoms with Crippen molar-refractivity contribution in [2.75, 3.05) is 26.3 Å². The molecule has 4 rings (SSSR count). The van der Waals surface area contributed by atoms with Gasteiger partial charge in [0.05, 0.1) is 13.2 Å². The maximum Gasteiger partial charge on any atom is 0.362 e. The summed E-state index contributed by atoms with van der Waals surface area (Å²) < 4.78 is 18.7. The molecule has 5 nitrogen and oxygen atoms in total. The topological polar surface area (TPSA) is 79.7 Å². The van der Waals surface area contributed by atoms with Crippen LogP contribution in [0.25, 0.3) is 0 Å². The Labute approximate surface area is 221 Å². The normalized spacial score (nSPS) is 10.9. The molecule has 0 saturated carbocycles. The third-order valence-corrected chi connectivity index (χ3v) is 6.20. The molecule has 0 unspecified atom stereocenters. The minimum Gasteiger partial charge on any atom is -0.426 e. The molecule has 0 amide bonds. The second kappa shape index (κ2) is 14.5. The minimum atomic E-state index is -0.205. The fourth-order valence-electron chi connectivity index (χ4n) is 4.47. The van der Waals surface area contributed by atoms with Crippen molar-refractivity contribution in [2.45, 2.75) is 13.2 Å². The zero-order valence-electron chi connectivity index (χ0n) is 21.2. The summed E-state index contributed by atoms with van der Waals surface area (Å²) in [6.45, 7) is 2.39. The summed E-state index contributed by atoms with van der Waals surface area (Å²) in [5, 5.41) is 0. The fraction of sp³-hybridized carbons (Fsp3) is 0.200. The first kappa shape index (κ1) is 26.9. The van der Waals surface area contributed by atoms with E-state index in [2.05, 4.69) is 48.5 Å². The number of ether oxygens (including phenoxy) is 1. The highest BCUT2D eigenvalue weighted by Crippen LogP contribution is 2.08. The van der Waals surface area contributed by atoms with Crippen molar-refractivity contribution in [2.24, 2.45) is 11.5 Å². The highest BCUT2D eigenvalue weighted by Gasteiger charge is 2.25. The van der Waals surface area contributed by atoms with Gasteiger partial charge >= 0.3 is 13.8 Å². The lowest BCUT2D eigenvalue weighted by molar-refractivity contribution is 0.108. The van der Waals surface area contributed by atoms with E-state index in [1.165, 1.54) is 0 Å². The number of rotatable bonds is 14. The van der Waals surface area contributed by atoms with E-state index < -0.39 is 0 Å². The van der Waals surface area contributed by atoms with E-state index in [1.807, 2.05) is 60.7 Å². The summed E-state index contributed by atoms with van der Waals surface area (Å²) in [7, 11) is 0. The number of hydrogen-bond donors (Lipinski definition) is 2. The molecule has 4 aromatic carbocycles. The Morgan fingerprint density at radius 1 is 0.486 bits per heavy atom. The smallest absolute Gasteiger partial charge is 0.362 e. The highest BCUT2D eigenvalue weighted by molar-refractivity contribution is 6.80. The van der Waals surface area contributed by atoms with Crippen LogP contribution < -0.4 is 33.3 Å². The highest BCUT2D eigenvalue weighted by atomic mass is 16.5. The second-order valence-electron chi connectivity index (χ2n) is 8.79. The summed E-state index contributed by atoms with van der Waals surface area (Å²) in [6, 6.07) is 37.0. The van der Waals surface area contributed by atoms with Gasteiger partial charge in [0.2, 0.25) is 0 Å². The van der Waals surface area contributed by atoms with Gasteiger partial charge in [-0.1, -0.05) is 109 Å². The van der Waals surface area contributed by atoms with Crippen LogP contribution in [0.2, 0.25) is 0 Å². The monoisotopic (exact) mass is 492 g/mol. The second-order valence-corrected chi connectivity index (χ2v) is 8.79. The van der Waals surface area contributed by atoms with E-state index in [0.717, 1.165) is 33.0 Å². The minimum absolute atomic E-state index is 0.205. The maximum atomic E-state index is 6.31. The third-order valence-electron chi connectivity index (χ3n) is 6.20. The van der Waals surface area contributed by atoms with Gasteiger partial charge in [-0.3, -0.25) is 0 Å². The first-order chi connectivity index (χ1) is 18.3. The first-order valence-electron chi connectivity index (χ1n) is 12.8. The maximum absolute atomic E-state index is 6.31. The van der Waals surface area contributed by atoms with Crippen molar-refractivity contribution in [3.05, 3.63) is 120 Å². The lowest BCUT2D eigenvalue weighted by Gasteiger charge is -2.20. The molecular formula is C30H34B2N2O3. The predicted molar refractivity (Wildman–Crippen MR) is 154 cm³/mol. The first-order valence-corrected chi connectivity index (χ1v) is 12.8. The van der Waals surface area contributed by atoms with E-state index >= 15 is 0 Å². The molecule has 7 heteroatoms. The van der Waals surface area contributed by atoms with E-state index in [-0.39, 0.29) is 13.8 Å². The molecule has 188 valence electrons. The van der Waals surface area contributed by atoms with Gasteiger partial charge in [-0.2, -0.15) is 0 Å². The van der Waals surface area contributed by atoms with Crippen LogP contribution >= 0.6 is 0 Å². The summed E-state index contributed by atoms with van der Waals surface area (Å²) in [4.78, 5) is 0. The largest absolute Gasteiger partial charge is 0.426 e. The molecular weight excluding hydrogens is 458 g/mol. The average Bonchev–Trinajstić information content (AvgIpc) is 2.96. The van der Waals surface area contributed by atoms with Crippen LogP contribution in [0, 0.1) is 0 Å². The quantitative estimate of drug-likeness (QED) is 0.262. The Balaban J connectivity index is 1.53. The summed E-state index contributed by atoms with van der Waals surface area (Å²) in [5.74, 6) is 0. The third kappa shape index (κ3) is 7.41. The molecule has 0 aromatic heterocycles. The Bertz CT molecular complexity index is 1120. The number of hydrogen-bond acceptors (Lipinski definition) is 5. The van der Waals surface area contributed by atoms with Crippen LogP contribution in [-0.2, 0) is 27.3 Å². The van der Waals surface area contributed by atoms with E-state index in [1.54, 1.807) is 0 Å². The molecule has 0 aliphatic rings. The SMILES string of the molecule is NCCOB(c1ccccc1)c1ccccc1COCc1ccccc1B(OCCN)c1ccccc1. The Hall–Kier alpha value is -3.19. The lowest BCUT2D eigenvalue weighted by atomic mass is 9.54. The van der Waals surface area contributed by atoms with Gasteiger partial charge in [0.25, 0.3) is 0 Å². The van der Waals surface area contributed by atoms with Crippen molar-refractivity contribution in [3.8, 4) is 0 Å². The van der Waals surface area contributed by atoms with Crippen LogP contribution in [0.15, 0.2) is 109 Å². The van der Waals surface area contributed by atoms with Crippen LogP contribution in [0.1, 0.15) is 11.1 Å². The standard InChI is InChI=1S/C30H34B2N2O3/c33-19-21-36-31(27-13-3-1-4-14-27)29-17-9-7-11-25(29)23-35-24-26-12-8-10-18-30(26)32(37-22-20-34)28-15-5-2-6-16-28/h1-18H,19-24,33-34H2. The molecule has 0 spiro atoms. The zero-order valence-corrected chi connectivity index (χ0v) is 21.2. The molecule has 0 saturated heterocycles. The Kier molecular flexibility index (Phi) is 10.5. The molecule has 0 radical (unpaired) electrons. The van der Waals surface area contributed by atoms with Gasteiger partial charge in [0.1, 0.15) is 0 Å². The summed E-state index contributed by atoms with van der Waals surface area (Å²) in [5.41, 5.74) is 18.1. The predicted octanol–water partition coefficient (Wildman–Crippen LogP) is 1.57. The van der Waals surface area contributed by atoms with E-state index in [4.69, 9.17) is 25.5 Å². The van der Waals surface area contributed by atoms with Gasteiger partial charge in [0.15, 0.2) is 0 Å². The van der Waals surface area contributed by atoms with Crippen LogP contribution in [0.4, 0.5) is 0 Å². The number of benzene rings is 4. The van der Waals surface area contributed by atoms with E-state index in [9.17, 15) is 0 Å². The fourth-order valence-corrected chi connectivity index (χ4v) is 4.47. The lowest BCUT2D eigenvalue weighted by Crippen LogP contribution is -2.47. The van der Waals surface area contributed by atoms with Crippen molar-refractivity contribution in [1.29, 1.82) is 0 Å². The molecule has 4 N–H and O–H groups in total. The molecule has 0 heterocycles. The van der Waals surface area contributed by atoms with Crippen molar-refractivity contribution < 1.29 is 14.0 Å². The molecule has 0 bridgehead atoms. The van der Waals surface area contributed by atoms with Crippen molar-refractivity contribution >= 4 is 35.7 Å². The van der Waals surface area contributed by atoms with Gasteiger partial charge in [-0.05, 0) is 33.0 Å². The van der Waals surface area contributed by atoms with Gasteiger partial charge in [-0.25, -0.2) is 0 Å². The Morgan fingerprint density at radius 3 is 1.27 bits per heavy atom. The molecule has 0 aliphatic heterocycles. The van der Waals surface area contributed by atoms with Crippen LogP contribution in [0.3, 0.4) is 0 Å². The summed E-state index contributed by atoms with van der Waals surface area (Å²) in [6.07, 6.45) is 0.